The predicted molar refractivity (Wildman–Crippen MR) is 80.8 cm³/mol. The quantitative estimate of drug-likeness (QED) is 0.643. The lowest BCUT2D eigenvalue weighted by Crippen LogP contribution is -2.24. The van der Waals surface area contributed by atoms with E-state index in [0.717, 1.165) is 6.42 Å². The minimum absolute atomic E-state index is 0.00679. The lowest BCUT2D eigenvalue weighted by Gasteiger charge is -2.21. The minimum Gasteiger partial charge on any atom is -0.474 e. The van der Waals surface area contributed by atoms with Crippen molar-refractivity contribution in [2.45, 2.75) is 39.8 Å². The summed E-state index contributed by atoms with van der Waals surface area (Å²) in [6, 6.07) is 2.82. The Balaban J connectivity index is 2.18. The number of rotatable bonds is 3. The third-order valence-corrected chi connectivity index (χ3v) is 3.75. The van der Waals surface area contributed by atoms with Crippen molar-refractivity contribution in [2.75, 3.05) is 6.61 Å². The van der Waals surface area contributed by atoms with Crippen LogP contribution >= 0.6 is 0 Å². The molecule has 0 unspecified atom stereocenters. The molecule has 0 aromatic carbocycles. The molecule has 1 atom stereocenters. The summed E-state index contributed by atoms with van der Waals surface area (Å²) >= 11 is 0. The Kier molecular flexibility index (Phi) is 4.02. The van der Waals surface area contributed by atoms with Gasteiger partial charge >= 0.3 is 5.97 Å². The van der Waals surface area contributed by atoms with Crippen molar-refractivity contribution in [1.82, 2.24) is 14.8 Å². The first-order chi connectivity index (χ1) is 11.0. The summed E-state index contributed by atoms with van der Waals surface area (Å²) in [5.41, 5.74) is 1.74. The van der Waals surface area contributed by atoms with Gasteiger partial charge in [-0.2, -0.15) is 9.49 Å². The summed E-state index contributed by atoms with van der Waals surface area (Å²) in [6.45, 7) is 6.25. The van der Waals surface area contributed by atoms with Crippen LogP contribution in [0, 0.1) is 12.9 Å². The molecule has 122 valence electrons. The lowest BCUT2D eigenvalue weighted by molar-refractivity contribution is 0.0515. The van der Waals surface area contributed by atoms with Crippen LogP contribution in [0.2, 0.25) is 0 Å². The molecule has 0 saturated carbocycles. The summed E-state index contributed by atoms with van der Waals surface area (Å²) in [6.07, 6.45) is 0.796. The zero-order valence-corrected chi connectivity index (χ0v) is 13.3. The average Bonchev–Trinajstić information content (AvgIpc) is 2.85. The van der Waals surface area contributed by atoms with Gasteiger partial charge in [0, 0.05) is 18.5 Å². The van der Waals surface area contributed by atoms with Crippen LogP contribution in [0.4, 0.5) is 4.39 Å². The highest BCUT2D eigenvalue weighted by Gasteiger charge is 2.31. The van der Waals surface area contributed by atoms with Crippen LogP contribution in [0.15, 0.2) is 12.1 Å². The van der Waals surface area contributed by atoms with Crippen molar-refractivity contribution in [3.63, 3.8) is 0 Å². The molecule has 6 nitrogen and oxygen atoms in total. The van der Waals surface area contributed by atoms with Crippen molar-refractivity contribution in [3.8, 4) is 17.1 Å². The molecular weight excluding hydrogens is 301 g/mol. The van der Waals surface area contributed by atoms with Gasteiger partial charge < -0.3 is 9.47 Å². The Labute approximate surface area is 133 Å². The maximum Gasteiger partial charge on any atom is 0.345 e. The average molecular weight is 319 g/mol. The topological polar surface area (TPSA) is 66.2 Å². The summed E-state index contributed by atoms with van der Waals surface area (Å²) in [5, 5.41) is 4.48. The Bertz CT molecular complexity index is 757. The van der Waals surface area contributed by atoms with E-state index in [0.29, 0.717) is 29.4 Å². The number of carbonyl (C=O) groups excluding carboxylic acids is 1. The summed E-state index contributed by atoms with van der Waals surface area (Å²) < 4.78 is 25.9. The van der Waals surface area contributed by atoms with Crippen LogP contribution in [0.1, 0.15) is 36.3 Å². The van der Waals surface area contributed by atoms with Gasteiger partial charge in [0.15, 0.2) is 0 Å². The minimum atomic E-state index is -0.572. The van der Waals surface area contributed by atoms with E-state index in [2.05, 4.69) is 10.1 Å². The molecule has 7 heteroatoms. The Morgan fingerprint density at radius 3 is 3.00 bits per heavy atom. The van der Waals surface area contributed by atoms with E-state index >= 15 is 0 Å². The molecule has 3 heterocycles. The second-order valence-electron chi connectivity index (χ2n) is 5.46. The van der Waals surface area contributed by atoms with Crippen molar-refractivity contribution < 1.29 is 18.7 Å². The number of nitrogens with zero attached hydrogens (tertiary/aromatic N) is 3. The predicted octanol–water partition coefficient (Wildman–Crippen LogP) is 2.74. The van der Waals surface area contributed by atoms with Gasteiger partial charge in [0.25, 0.3) is 0 Å². The molecule has 2 aromatic rings. The maximum absolute atomic E-state index is 13.3. The number of halogens is 1. The number of pyridine rings is 1. The van der Waals surface area contributed by atoms with Gasteiger partial charge in [-0.25, -0.2) is 14.5 Å². The first-order valence-electron chi connectivity index (χ1n) is 7.59. The largest absolute Gasteiger partial charge is 0.474 e. The zero-order valence-electron chi connectivity index (χ0n) is 13.3. The van der Waals surface area contributed by atoms with E-state index in [4.69, 9.17) is 9.47 Å². The number of aryl methyl sites for hydroxylation is 2. The van der Waals surface area contributed by atoms with E-state index in [9.17, 15) is 9.18 Å². The van der Waals surface area contributed by atoms with E-state index in [-0.39, 0.29) is 18.3 Å². The number of hydrogen-bond donors (Lipinski definition) is 0. The fraction of sp³-hybridized carbons (Fsp3) is 0.438. The molecule has 0 bridgehead atoms. The Hall–Kier alpha value is -2.44. The Morgan fingerprint density at radius 2 is 2.30 bits per heavy atom. The van der Waals surface area contributed by atoms with Gasteiger partial charge in [-0.15, -0.1) is 0 Å². The zero-order chi connectivity index (χ0) is 16.6. The number of carbonyl (C=O) groups is 1. The molecule has 0 radical (unpaired) electrons. The second kappa shape index (κ2) is 5.98. The van der Waals surface area contributed by atoms with Crippen LogP contribution in [0.5, 0.6) is 5.88 Å². The number of hydrogen-bond acceptors (Lipinski definition) is 5. The van der Waals surface area contributed by atoms with E-state index in [1.54, 1.807) is 24.6 Å². The monoisotopic (exact) mass is 319 g/mol. The highest BCUT2D eigenvalue weighted by Crippen LogP contribution is 2.35. The van der Waals surface area contributed by atoms with Crippen molar-refractivity contribution in [2.24, 2.45) is 0 Å². The third kappa shape index (κ3) is 2.78. The van der Waals surface area contributed by atoms with E-state index in [1.807, 2.05) is 6.92 Å². The number of aromatic nitrogens is 3. The van der Waals surface area contributed by atoms with Crippen LogP contribution in [-0.4, -0.2) is 33.4 Å². The fourth-order valence-corrected chi connectivity index (χ4v) is 2.63. The van der Waals surface area contributed by atoms with Crippen LogP contribution < -0.4 is 4.74 Å². The first kappa shape index (κ1) is 15.5. The molecule has 0 spiro atoms. The van der Waals surface area contributed by atoms with Gasteiger partial charge in [-0.05, 0) is 32.9 Å². The van der Waals surface area contributed by atoms with Gasteiger partial charge in [-0.3, -0.25) is 0 Å². The SMILES string of the molecule is CCOC(=O)c1c(-c2ccc(F)nc2C)nn2c1O[C@H](C)CC2. The van der Waals surface area contributed by atoms with E-state index in [1.165, 1.54) is 6.07 Å². The lowest BCUT2D eigenvalue weighted by atomic mass is 10.1. The maximum atomic E-state index is 13.3. The standard InChI is InChI=1S/C16H18FN3O3/c1-4-22-16(21)13-14(11-5-6-12(17)18-10(11)3)19-20-8-7-9(2)23-15(13)20/h5-6,9H,4,7-8H2,1-3H3/t9-/m1/s1. The highest BCUT2D eigenvalue weighted by atomic mass is 19.1. The molecule has 0 amide bonds. The molecule has 1 aliphatic rings. The molecule has 0 fully saturated rings. The second-order valence-corrected chi connectivity index (χ2v) is 5.46. The van der Waals surface area contributed by atoms with Crippen molar-refractivity contribution >= 4 is 5.97 Å². The highest BCUT2D eigenvalue weighted by molar-refractivity contribution is 5.99. The number of esters is 1. The molecule has 0 saturated heterocycles. The molecule has 3 rings (SSSR count). The van der Waals surface area contributed by atoms with Crippen LogP contribution in [0.25, 0.3) is 11.3 Å². The fourth-order valence-electron chi connectivity index (χ4n) is 2.63. The molecule has 0 N–H and O–H groups in total. The van der Waals surface area contributed by atoms with Gasteiger partial charge in [0.1, 0.15) is 11.3 Å². The molecular formula is C16H18FN3O3. The number of ether oxygens (including phenoxy) is 2. The summed E-state index contributed by atoms with van der Waals surface area (Å²) in [7, 11) is 0. The van der Waals surface area contributed by atoms with Gasteiger partial charge in [0.2, 0.25) is 11.8 Å². The van der Waals surface area contributed by atoms with Crippen LogP contribution in [-0.2, 0) is 11.3 Å². The molecule has 0 aliphatic carbocycles. The molecule has 1 aliphatic heterocycles. The van der Waals surface area contributed by atoms with Gasteiger partial charge in [0.05, 0.1) is 18.4 Å². The summed E-state index contributed by atoms with van der Waals surface area (Å²) in [4.78, 5) is 16.2. The normalized spacial score (nSPS) is 16.6. The molecule has 2 aromatic heterocycles. The van der Waals surface area contributed by atoms with Gasteiger partial charge in [-0.1, -0.05) is 0 Å². The first-order valence-corrected chi connectivity index (χ1v) is 7.59. The smallest absolute Gasteiger partial charge is 0.345 e. The van der Waals surface area contributed by atoms with E-state index < -0.39 is 11.9 Å². The van der Waals surface area contributed by atoms with Crippen LogP contribution in [0.3, 0.4) is 0 Å². The van der Waals surface area contributed by atoms with Crippen molar-refractivity contribution in [1.29, 1.82) is 0 Å². The molecule has 23 heavy (non-hydrogen) atoms. The Morgan fingerprint density at radius 1 is 1.52 bits per heavy atom. The number of fused-ring (bicyclic) bond motifs is 1. The summed E-state index contributed by atoms with van der Waals surface area (Å²) in [5.74, 6) is -0.666. The third-order valence-electron chi connectivity index (χ3n) is 3.75. The van der Waals surface area contributed by atoms with Crippen molar-refractivity contribution in [3.05, 3.63) is 29.3 Å².